The van der Waals surface area contributed by atoms with Crippen molar-refractivity contribution in [3.05, 3.63) is 65.9 Å². The van der Waals surface area contributed by atoms with Crippen molar-refractivity contribution < 1.29 is 29.3 Å². The Morgan fingerprint density at radius 2 is 1.88 bits per heavy atom. The van der Waals surface area contributed by atoms with Crippen LogP contribution in [0.3, 0.4) is 0 Å². The Kier molecular flexibility index (Phi) is 9.31. The molecule has 11 nitrogen and oxygen atoms in total. The number of pyridine rings is 1. The number of carboxylic acid groups (broad SMARTS) is 1. The van der Waals surface area contributed by atoms with Gasteiger partial charge in [0.2, 0.25) is 0 Å². The normalized spacial score (nSPS) is 22.4. The van der Waals surface area contributed by atoms with Gasteiger partial charge in [-0.15, -0.1) is 0 Å². The molecule has 2 N–H and O–H groups in total. The molecule has 1 aliphatic heterocycles. The highest BCUT2D eigenvalue weighted by Crippen LogP contribution is 2.41. The number of carbonyl (C=O) groups excluding carboxylic acids is 1. The van der Waals surface area contributed by atoms with Gasteiger partial charge in [0.15, 0.2) is 5.69 Å². The maximum atomic E-state index is 14.3. The third-order valence-corrected chi connectivity index (χ3v) is 8.63. The fraction of sp³-hybridized carbons (Fsp3) is 0.500. The van der Waals surface area contributed by atoms with E-state index >= 15 is 0 Å². The first kappa shape index (κ1) is 30.5. The van der Waals surface area contributed by atoms with Crippen LogP contribution in [0, 0.1) is 13.8 Å². The van der Waals surface area contributed by atoms with Gasteiger partial charge in [0.25, 0.3) is 5.91 Å². The summed E-state index contributed by atoms with van der Waals surface area (Å²) >= 11 is 0. The van der Waals surface area contributed by atoms with E-state index in [4.69, 9.17) is 9.47 Å². The molecule has 0 bridgehead atoms. The first-order valence-electron chi connectivity index (χ1n) is 14.9. The number of hydrogen-bond acceptors (Lipinski definition) is 7. The Morgan fingerprint density at radius 1 is 1.09 bits per heavy atom. The van der Waals surface area contributed by atoms with Crippen LogP contribution in [0.25, 0.3) is 11.3 Å². The Morgan fingerprint density at radius 3 is 2.60 bits per heavy atom. The summed E-state index contributed by atoms with van der Waals surface area (Å²) in [5, 5.41) is 21.4. The van der Waals surface area contributed by atoms with Gasteiger partial charge in [0.1, 0.15) is 11.4 Å². The summed E-state index contributed by atoms with van der Waals surface area (Å²) in [7, 11) is 1.59. The lowest BCUT2D eigenvalue weighted by atomic mass is 9.80. The van der Waals surface area contributed by atoms with Crippen LogP contribution in [0.1, 0.15) is 60.0 Å². The summed E-state index contributed by atoms with van der Waals surface area (Å²) in [6, 6.07) is 12.7. The zero-order chi connectivity index (χ0) is 30.6. The minimum atomic E-state index is -1.09. The molecule has 230 valence electrons. The fourth-order valence-corrected chi connectivity index (χ4v) is 6.47. The van der Waals surface area contributed by atoms with Gasteiger partial charge < -0.3 is 34.1 Å². The summed E-state index contributed by atoms with van der Waals surface area (Å²) in [5.74, 6) is 0.391. The topological polar surface area (TPSA) is 130 Å². The van der Waals surface area contributed by atoms with Crippen molar-refractivity contribution in [2.75, 3.05) is 40.0 Å². The number of methoxy groups -OCH3 is 1. The van der Waals surface area contributed by atoms with Gasteiger partial charge in [-0.25, -0.2) is 9.78 Å². The summed E-state index contributed by atoms with van der Waals surface area (Å²) in [4.78, 5) is 38.4. The molecule has 1 saturated carbocycles. The van der Waals surface area contributed by atoms with Crippen molar-refractivity contribution in [1.82, 2.24) is 24.3 Å². The number of nitrogens with zero attached hydrogens (tertiary/aromatic N) is 5. The number of amides is 2. The second-order valence-electron chi connectivity index (χ2n) is 11.6. The largest absolute Gasteiger partial charge is 0.492 e. The van der Waals surface area contributed by atoms with Crippen molar-refractivity contribution in [2.45, 2.75) is 63.6 Å². The quantitative estimate of drug-likeness (QED) is 0.376. The van der Waals surface area contributed by atoms with E-state index in [0.717, 1.165) is 36.2 Å². The number of aromatic nitrogens is 3. The molecule has 1 saturated heterocycles. The second-order valence-corrected chi connectivity index (χ2v) is 11.6. The molecule has 2 aromatic heterocycles. The van der Waals surface area contributed by atoms with Crippen LogP contribution in [0.15, 0.2) is 48.8 Å². The van der Waals surface area contributed by atoms with Gasteiger partial charge in [-0.05, 0) is 38.8 Å². The molecule has 2 aliphatic rings. The molecule has 3 atom stereocenters. The number of benzene rings is 1. The van der Waals surface area contributed by atoms with E-state index in [1.54, 1.807) is 18.3 Å². The minimum Gasteiger partial charge on any atom is -0.492 e. The molecule has 11 heteroatoms. The Labute approximate surface area is 252 Å². The summed E-state index contributed by atoms with van der Waals surface area (Å²) in [6.07, 6.45) is 4.24. The Hall–Kier alpha value is -3.96. The lowest BCUT2D eigenvalue weighted by Gasteiger charge is -2.41. The number of rotatable bonds is 9. The van der Waals surface area contributed by atoms with Crippen molar-refractivity contribution in [3.8, 4) is 17.0 Å². The molecular weight excluding hydrogens is 550 g/mol. The van der Waals surface area contributed by atoms with E-state index in [0.29, 0.717) is 30.9 Å². The van der Waals surface area contributed by atoms with Crippen LogP contribution in [0.5, 0.6) is 5.75 Å². The third kappa shape index (κ3) is 6.52. The van der Waals surface area contributed by atoms with E-state index in [1.165, 1.54) is 4.90 Å². The summed E-state index contributed by atoms with van der Waals surface area (Å²) in [6.45, 7) is 4.89. The monoisotopic (exact) mass is 591 g/mol. The van der Waals surface area contributed by atoms with E-state index in [1.807, 2.05) is 60.9 Å². The first-order valence-corrected chi connectivity index (χ1v) is 14.9. The van der Waals surface area contributed by atoms with Crippen LogP contribution in [0.4, 0.5) is 4.79 Å². The highest BCUT2D eigenvalue weighted by atomic mass is 16.5. The molecular formula is C32H41N5O6. The lowest BCUT2D eigenvalue weighted by molar-refractivity contribution is -0.0893. The fourth-order valence-electron chi connectivity index (χ4n) is 6.47. The SMILES string of the molecule is COC[C@]1(O)CCCC[C@H]1n1cnc(C(=O)N2CCN(C(=O)O)C[C@H]2CCOc2ccc(C)nc2C)c1-c1ccccc1. The second kappa shape index (κ2) is 13.1. The van der Waals surface area contributed by atoms with E-state index in [-0.39, 0.29) is 43.9 Å². The number of hydrogen-bond donors (Lipinski definition) is 2. The molecule has 1 aromatic carbocycles. The number of aliphatic hydroxyl groups is 1. The number of piperazine rings is 1. The molecule has 3 heterocycles. The van der Waals surface area contributed by atoms with Crippen LogP contribution >= 0.6 is 0 Å². The molecule has 0 unspecified atom stereocenters. The molecule has 5 rings (SSSR count). The van der Waals surface area contributed by atoms with Crippen molar-refractivity contribution >= 4 is 12.0 Å². The predicted molar refractivity (Wildman–Crippen MR) is 160 cm³/mol. The maximum absolute atomic E-state index is 14.3. The van der Waals surface area contributed by atoms with Crippen LogP contribution in [-0.4, -0.2) is 98.1 Å². The molecule has 1 aliphatic carbocycles. The van der Waals surface area contributed by atoms with E-state index in [2.05, 4.69) is 9.97 Å². The Bertz CT molecular complexity index is 1420. The highest BCUT2D eigenvalue weighted by Gasteiger charge is 2.43. The van der Waals surface area contributed by atoms with Gasteiger partial charge in [0, 0.05) is 44.4 Å². The first-order chi connectivity index (χ1) is 20.7. The summed E-state index contributed by atoms with van der Waals surface area (Å²) in [5.41, 5.74) is 2.33. The van der Waals surface area contributed by atoms with E-state index < -0.39 is 17.7 Å². The average Bonchev–Trinajstić information content (AvgIpc) is 3.43. The number of ether oxygens (including phenoxy) is 2. The van der Waals surface area contributed by atoms with Gasteiger partial charge >= 0.3 is 6.09 Å². The van der Waals surface area contributed by atoms with Crippen molar-refractivity contribution in [3.63, 3.8) is 0 Å². The minimum absolute atomic E-state index is 0.174. The van der Waals surface area contributed by atoms with E-state index in [9.17, 15) is 19.8 Å². The lowest BCUT2D eigenvalue weighted by Crippen LogP contribution is -2.56. The number of aryl methyl sites for hydroxylation is 2. The van der Waals surface area contributed by atoms with Gasteiger partial charge in [0.05, 0.1) is 43.0 Å². The van der Waals surface area contributed by atoms with Gasteiger partial charge in [-0.1, -0.05) is 43.2 Å². The van der Waals surface area contributed by atoms with Crippen LogP contribution in [0.2, 0.25) is 0 Å². The smallest absolute Gasteiger partial charge is 0.407 e. The molecule has 2 fully saturated rings. The van der Waals surface area contributed by atoms with Crippen LogP contribution < -0.4 is 4.74 Å². The molecule has 0 radical (unpaired) electrons. The van der Waals surface area contributed by atoms with Crippen LogP contribution in [-0.2, 0) is 4.74 Å². The van der Waals surface area contributed by atoms with Gasteiger partial charge in [-0.2, -0.15) is 0 Å². The molecule has 43 heavy (non-hydrogen) atoms. The highest BCUT2D eigenvalue weighted by molar-refractivity contribution is 5.98. The standard InChI is InChI=1S/C32H41N5O6/c1-22-12-13-26(23(2)34-22)43-18-14-25-19-35(31(39)40)16-17-36(25)30(38)28-29(24-9-5-4-6-10-24)37(21-33-28)27-11-7-8-15-32(27,41)20-42-3/h4-6,9-10,12-13,21,25,27,41H,7-8,11,14-20H2,1-3H3,(H,39,40)/t25-,27-,32-/m1/s1. The number of carbonyl (C=O) groups is 2. The zero-order valence-electron chi connectivity index (χ0n) is 25.1. The predicted octanol–water partition coefficient (Wildman–Crippen LogP) is 4.33. The molecule has 0 spiro atoms. The zero-order valence-corrected chi connectivity index (χ0v) is 25.1. The maximum Gasteiger partial charge on any atom is 0.407 e. The van der Waals surface area contributed by atoms with Crippen molar-refractivity contribution in [2.24, 2.45) is 0 Å². The molecule has 2 amide bonds. The molecule has 3 aromatic rings. The Balaban J connectivity index is 1.46. The number of imidazole rings is 1. The average molecular weight is 592 g/mol. The third-order valence-electron chi connectivity index (χ3n) is 8.63. The van der Waals surface area contributed by atoms with Gasteiger partial charge in [-0.3, -0.25) is 9.78 Å². The summed E-state index contributed by atoms with van der Waals surface area (Å²) < 4.78 is 13.4. The van der Waals surface area contributed by atoms with Crippen molar-refractivity contribution in [1.29, 1.82) is 0 Å².